The lowest BCUT2D eigenvalue weighted by atomic mass is 9.91. The predicted octanol–water partition coefficient (Wildman–Crippen LogP) is 6.63. The van der Waals surface area contributed by atoms with Crippen molar-refractivity contribution in [3.63, 3.8) is 0 Å². The van der Waals surface area contributed by atoms with Gasteiger partial charge in [-0.3, -0.25) is 24.0 Å². The first kappa shape index (κ1) is 49.6. The first-order valence-electron chi connectivity index (χ1n) is 23.5. The third-order valence-electron chi connectivity index (χ3n) is 12.4. The molecule has 2 aromatic carbocycles. The van der Waals surface area contributed by atoms with Crippen LogP contribution in [0, 0.1) is 17.3 Å². The molecule has 1 saturated heterocycles. The standard InChI is InChI=1S/C50H78N6O5/c1-37(2)34-42(46(58)50(5)27-28-50)52-49(61)44(36-40-22-16-13-17-23-40)54-48(60)43(35-38(3)4)53-47(59)41(26-25-39-20-14-12-15-21-39)51-45(57)24-18-10-8-7-9-11-19-29-56-32-30-55(6)31-33-56/h12-17,20-23,37-38,41-44H,7-11,18-19,24-36H2,1-6H3,(H,51,57)(H,52,61)(H,53,59)(H,54,60)/t41-,42-,43-,44-/m0/s1. The number of carbonyl (C=O) groups is 5. The number of likely N-dealkylation sites (N-methyl/N-ethyl adjacent to an activating group) is 1. The van der Waals surface area contributed by atoms with Crippen molar-refractivity contribution in [3.8, 4) is 0 Å². The minimum absolute atomic E-state index is 0.0375. The van der Waals surface area contributed by atoms with Gasteiger partial charge in [-0.1, -0.05) is 127 Å². The molecule has 1 aliphatic carbocycles. The molecule has 4 rings (SSSR count). The second kappa shape index (κ2) is 25.8. The van der Waals surface area contributed by atoms with Crippen LogP contribution in [0.1, 0.15) is 129 Å². The average molecular weight is 843 g/mol. The van der Waals surface area contributed by atoms with Crippen molar-refractivity contribution in [1.29, 1.82) is 0 Å². The van der Waals surface area contributed by atoms with E-state index in [1.54, 1.807) is 0 Å². The van der Waals surface area contributed by atoms with Gasteiger partial charge in [0, 0.05) is 44.4 Å². The number of benzene rings is 2. The molecule has 2 aromatic rings. The molecule has 0 unspecified atom stereocenters. The molecule has 4 atom stereocenters. The average Bonchev–Trinajstić information content (AvgIpc) is 3.99. The zero-order valence-corrected chi connectivity index (χ0v) is 38.3. The van der Waals surface area contributed by atoms with Crippen LogP contribution in [0.15, 0.2) is 60.7 Å². The minimum atomic E-state index is -0.980. The molecule has 1 heterocycles. The molecule has 0 spiro atoms. The van der Waals surface area contributed by atoms with Crippen molar-refractivity contribution in [2.24, 2.45) is 17.3 Å². The summed E-state index contributed by atoms with van der Waals surface area (Å²) in [5.41, 5.74) is 1.48. The van der Waals surface area contributed by atoms with E-state index in [1.165, 1.54) is 38.9 Å². The first-order chi connectivity index (χ1) is 29.2. The Hall–Kier alpha value is -4.09. The number of ketones is 1. The van der Waals surface area contributed by atoms with Crippen molar-refractivity contribution >= 4 is 29.4 Å². The van der Waals surface area contributed by atoms with E-state index in [4.69, 9.17) is 0 Å². The van der Waals surface area contributed by atoms with Crippen LogP contribution in [0.3, 0.4) is 0 Å². The van der Waals surface area contributed by atoms with Gasteiger partial charge in [0.1, 0.15) is 18.1 Å². The lowest BCUT2D eigenvalue weighted by molar-refractivity contribution is -0.135. The van der Waals surface area contributed by atoms with E-state index >= 15 is 0 Å². The number of Topliss-reactive ketones (excluding diaryl/α,β-unsaturated/α-hetero) is 1. The van der Waals surface area contributed by atoms with Crippen molar-refractivity contribution in [3.05, 3.63) is 71.8 Å². The van der Waals surface area contributed by atoms with Crippen LogP contribution in [-0.2, 0) is 36.8 Å². The van der Waals surface area contributed by atoms with Gasteiger partial charge in [-0.25, -0.2) is 0 Å². The number of amides is 4. The number of rotatable bonds is 28. The van der Waals surface area contributed by atoms with Crippen molar-refractivity contribution < 1.29 is 24.0 Å². The maximum atomic E-state index is 14.2. The number of aryl methyl sites for hydroxylation is 1. The van der Waals surface area contributed by atoms with E-state index in [1.807, 2.05) is 95.3 Å². The summed E-state index contributed by atoms with van der Waals surface area (Å²) >= 11 is 0. The quantitative estimate of drug-likeness (QED) is 0.0706. The molecule has 1 saturated carbocycles. The summed E-state index contributed by atoms with van der Waals surface area (Å²) in [5.74, 6) is -1.25. The Kier molecular flexibility index (Phi) is 20.9. The predicted molar refractivity (Wildman–Crippen MR) is 245 cm³/mol. The smallest absolute Gasteiger partial charge is 0.243 e. The second-order valence-electron chi connectivity index (χ2n) is 19.1. The number of nitrogens with zero attached hydrogens (tertiary/aromatic N) is 2. The van der Waals surface area contributed by atoms with Crippen molar-refractivity contribution in [1.82, 2.24) is 31.1 Å². The molecule has 11 heteroatoms. The summed E-state index contributed by atoms with van der Waals surface area (Å²) in [7, 11) is 2.19. The van der Waals surface area contributed by atoms with Gasteiger partial charge in [-0.15, -0.1) is 0 Å². The fourth-order valence-corrected chi connectivity index (χ4v) is 8.20. The highest BCUT2D eigenvalue weighted by Crippen LogP contribution is 2.47. The summed E-state index contributed by atoms with van der Waals surface area (Å²) in [6.45, 7) is 15.8. The SMILES string of the molecule is CC(C)C[C@H](NC(=O)[C@H](CCc1ccccc1)NC(=O)CCCCCCCCCN1CCN(C)CC1)C(=O)N[C@@H](Cc1ccccc1)C(=O)N[C@@H](CC(C)C)C(=O)C1(C)CC1. The van der Waals surface area contributed by atoms with Gasteiger partial charge in [-0.05, 0) is 87.9 Å². The molecule has 4 N–H and O–H groups in total. The summed E-state index contributed by atoms with van der Waals surface area (Å²) in [5, 5.41) is 12.0. The molecule has 11 nitrogen and oxygen atoms in total. The van der Waals surface area contributed by atoms with E-state index in [9.17, 15) is 24.0 Å². The van der Waals surface area contributed by atoms with Gasteiger partial charge < -0.3 is 31.1 Å². The molecule has 1 aliphatic heterocycles. The van der Waals surface area contributed by atoms with Crippen molar-refractivity contribution in [2.45, 2.75) is 155 Å². The Balaban J connectivity index is 1.36. The maximum Gasteiger partial charge on any atom is 0.243 e. The molecular weight excluding hydrogens is 765 g/mol. The Morgan fingerprint density at radius 1 is 0.590 bits per heavy atom. The number of unbranched alkanes of at least 4 members (excludes halogenated alkanes) is 6. The molecule has 2 fully saturated rings. The first-order valence-corrected chi connectivity index (χ1v) is 23.5. The van der Waals surface area contributed by atoms with Gasteiger partial charge in [0.15, 0.2) is 5.78 Å². The van der Waals surface area contributed by atoms with E-state index < -0.39 is 47.3 Å². The maximum absolute atomic E-state index is 14.2. The van der Waals surface area contributed by atoms with Gasteiger partial charge in [-0.2, -0.15) is 0 Å². The highest BCUT2D eigenvalue weighted by atomic mass is 16.2. The Labute approximate surface area is 367 Å². The molecule has 0 aromatic heterocycles. The number of hydrogen-bond acceptors (Lipinski definition) is 7. The molecule has 338 valence electrons. The Morgan fingerprint density at radius 2 is 1.08 bits per heavy atom. The molecule has 0 bridgehead atoms. The zero-order valence-electron chi connectivity index (χ0n) is 38.3. The van der Waals surface area contributed by atoms with Gasteiger partial charge in [0.05, 0.1) is 6.04 Å². The fraction of sp³-hybridized carbons (Fsp3) is 0.660. The summed E-state index contributed by atoms with van der Waals surface area (Å²) in [4.78, 5) is 74.2. The van der Waals surface area contributed by atoms with Crippen LogP contribution in [0.5, 0.6) is 0 Å². The molecule has 61 heavy (non-hydrogen) atoms. The van der Waals surface area contributed by atoms with E-state index in [0.29, 0.717) is 32.1 Å². The number of hydrogen-bond donors (Lipinski definition) is 4. The molecule has 4 amide bonds. The number of nitrogens with one attached hydrogen (secondary N) is 4. The van der Waals surface area contributed by atoms with Crippen molar-refractivity contribution in [2.75, 3.05) is 39.8 Å². The van der Waals surface area contributed by atoms with E-state index in [2.05, 4.69) is 38.1 Å². The molecular formula is C50H78N6O5. The van der Waals surface area contributed by atoms with Crippen LogP contribution in [-0.4, -0.2) is 103 Å². The lowest BCUT2D eigenvalue weighted by Crippen LogP contribution is -2.58. The summed E-state index contributed by atoms with van der Waals surface area (Å²) in [6, 6.07) is 15.9. The number of carbonyl (C=O) groups excluding carboxylic acids is 5. The number of piperazine rings is 1. The highest BCUT2D eigenvalue weighted by Gasteiger charge is 2.48. The summed E-state index contributed by atoms with van der Waals surface area (Å²) < 4.78 is 0. The monoisotopic (exact) mass is 843 g/mol. The topological polar surface area (TPSA) is 140 Å². The second-order valence-corrected chi connectivity index (χ2v) is 19.1. The zero-order chi connectivity index (χ0) is 44.2. The third-order valence-corrected chi connectivity index (χ3v) is 12.4. The summed E-state index contributed by atoms with van der Waals surface area (Å²) in [6.07, 6.45) is 11.6. The normalized spacial score (nSPS) is 17.2. The Morgan fingerprint density at radius 3 is 1.67 bits per heavy atom. The Bertz CT molecular complexity index is 1640. The van der Waals surface area contributed by atoms with Crippen LogP contribution in [0.4, 0.5) is 0 Å². The minimum Gasteiger partial charge on any atom is -0.344 e. The van der Waals surface area contributed by atoms with Crippen LogP contribution in [0.2, 0.25) is 0 Å². The van der Waals surface area contributed by atoms with Gasteiger partial charge >= 0.3 is 0 Å². The fourth-order valence-electron chi connectivity index (χ4n) is 8.20. The molecule has 0 radical (unpaired) electrons. The molecule has 2 aliphatic rings. The highest BCUT2D eigenvalue weighted by molar-refractivity contribution is 5.97. The van der Waals surface area contributed by atoms with Crippen LogP contribution >= 0.6 is 0 Å². The van der Waals surface area contributed by atoms with E-state index in [0.717, 1.165) is 62.7 Å². The van der Waals surface area contributed by atoms with E-state index in [-0.39, 0.29) is 29.9 Å². The lowest BCUT2D eigenvalue weighted by Gasteiger charge is -2.32. The van der Waals surface area contributed by atoms with Crippen LogP contribution < -0.4 is 21.3 Å². The largest absolute Gasteiger partial charge is 0.344 e. The van der Waals surface area contributed by atoms with Crippen LogP contribution in [0.25, 0.3) is 0 Å². The third kappa shape index (κ3) is 18.4. The van der Waals surface area contributed by atoms with Gasteiger partial charge in [0.2, 0.25) is 23.6 Å². The van der Waals surface area contributed by atoms with Gasteiger partial charge in [0.25, 0.3) is 0 Å².